The maximum Gasteiger partial charge on any atom is 0.305 e. The van der Waals surface area contributed by atoms with Crippen molar-refractivity contribution in [1.82, 2.24) is 15.6 Å². The molecule has 136 valence electrons. The van der Waals surface area contributed by atoms with Crippen LogP contribution in [-0.2, 0) is 16.1 Å². The van der Waals surface area contributed by atoms with Gasteiger partial charge in [-0.15, -0.1) is 24.0 Å². The Morgan fingerprint density at radius 2 is 2.00 bits per heavy atom. The summed E-state index contributed by atoms with van der Waals surface area (Å²) >= 11 is 0. The second-order valence-electron chi connectivity index (χ2n) is 5.18. The molecule has 0 saturated carbocycles. The Morgan fingerprint density at radius 3 is 2.67 bits per heavy atom. The number of rotatable bonds is 10. The zero-order valence-corrected chi connectivity index (χ0v) is 16.9. The molecule has 0 aliphatic rings. The van der Waals surface area contributed by atoms with Gasteiger partial charge in [0.25, 0.3) is 0 Å². The molecule has 24 heavy (non-hydrogen) atoms. The van der Waals surface area contributed by atoms with Crippen LogP contribution in [0.1, 0.15) is 44.7 Å². The molecule has 0 spiro atoms. The maximum absolute atomic E-state index is 11.0. The normalized spacial score (nSPS) is 10.7. The number of esters is 1. The van der Waals surface area contributed by atoms with Gasteiger partial charge in [-0.1, -0.05) is 18.9 Å². The van der Waals surface area contributed by atoms with Gasteiger partial charge in [0.15, 0.2) is 5.96 Å². The summed E-state index contributed by atoms with van der Waals surface area (Å²) in [6.07, 6.45) is 6.36. The predicted octanol–water partition coefficient (Wildman–Crippen LogP) is 2.88. The van der Waals surface area contributed by atoms with Crippen LogP contribution in [0.25, 0.3) is 0 Å². The van der Waals surface area contributed by atoms with Crippen molar-refractivity contribution in [3.8, 4) is 0 Å². The summed E-state index contributed by atoms with van der Waals surface area (Å²) in [4.78, 5) is 19.8. The highest BCUT2D eigenvalue weighted by Crippen LogP contribution is 2.03. The van der Waals surface area contributed by atoms with E-state index in [9.17, 15) is 4.79 Å². The second-order valence-corrected chi connectivity index (χ2v) is 5.18. The number of halogens is 1. The van der Waals surface area contributed by atoms with Crippen molar-refractivity contribution >= 4 is 35.9 Å². The molecule has 2 N–H and O–H groups in total. The van der Waals surface area contributed by atoms with Crippen LogP contribution in [0, 0.1) is 0 Å². The molecule has 1 heterocycles. The van der Waals surface area contributed by atoms with Gasteiger partial charge in [0.05, 0.1) is 19.3 Å². The molecule has 1 rings (SSSR count). The number of ether oxygens (including phenoxy) is 1. The number of nitrogens with zero attached hydrogens (tertiary/aromatic N) is 2. The highest BCUT2D eigenvalue weighted by atomic mass is 127. The number of carbonyl (C=O) groups excluding carboxylic acids is 1. The molecule has 1 aromatic heterocycles. The Labute approximate surface area is 161 Å². The number of unbranched alkanes of at least 4 members (excludes halogenated alkanes) is 3. The van der Waals surface area contributed by atoms with Crippen LogP contribution in [0.4, 0.5) is 0 Å². The lowest BCUT2D eigenvalue weighted by atomic mass is 10.1. The first-order chi connectivity index (χ1) is 11.3. The number of pyridine rings is 1. The quantitative estimate of drug-likeness (QED) is 0.189. The van der Waals surface area contributed by atoms with Crippen molar-refractivity contribution < 1.29 is 9.53 Å². The van der Waals surface area contributed by atoms with Crippen molar-refractivity contribution in [3.05, 3.63) is 30.1 Å². The maximum atomic E-state index is 11.0. The van der Waals surface area contributed by atoms with Crippen LogP contribution >= 0.6 is 24.0 Å². The van der Waals surface area contributed by atoms with Gasteiger partial charge >= 0.3 is 5.97 Å². The Balaban J connectivity index is 0.00000529. The zero-order valence-electron chi connectivity index (χ0n) is 14.6. The predicted molar refractivity (Wildman–Crippen MR) is 108 cm³/mol. The molecule has 0 saturated heterocycles. The molecule has 0 atom stereocenters. The average Bonchev–Trinajstić information content (AvgIpc) is 2.59. The molecule has 0 bridgehead atoms. The molecule has 0 aliphatic carbocycles. The summed E-state index contributed by atoms with van der Waals surface area (Å²) in [5, 5.41) is 6.55. The molecule has 0 aliphatic heterocycles. The number of aromatic nitrogens is 1. The summed E-state index contributed by atoms with van der Waals surface area (Å²) in [5.74, 6) is 0.687. The first-order valence-corrected chi connectivity index (χ1v) is 8.25. The van der Waals surface area contributed by atoms with E-state index in [0.29, 0.717) is 13.0 Å². The Hall–Kier alpha value is -1.38. The van der Waals surface area contributed by atoms with E-state index in [1.807, 2.05) is 25.1 Å². The van der Waals surface area contributed by atoms with E-state index in [1.165, 1.54) is 7.11 Å². The molecular weight excluding hydrogens is 419 g/mol. The molecule has 0 aromatic carbocycles. The molecule has 0 amide bonds. The number of carbonyl (C=O) groups is 1. The average molecular weight is 448 g/mol. The van der Waals surface area contributed by atoms with Crippen LogP contribution < -0.4 is 10.6 Å². The van der Waals surface area contributed by atoms with Gasteiger partial charge in [-0.05, 0) is 31.9 Å². The first kappa shape index (κ1) is 22.6. The Bertz CT molecular complexity index is 469. The van der Waals surface area contributed by atoms with Gasteiger partial charge in [0, 0.05) is 25.7 Å². The lowest BCUT2D eigenvalue weighted by Crippen LogP contribution is -2.37. The number of nitrogens with one attached hydrogen (secondary N) is 2. The highest BCUT2D eigenvalue weighted by Gasteiger charge is 2.00. The fourth-order valence-corrected chi connectivity index (χ4v) is 2.05. The Morgan fingerprint density at radius 1 is 1.21 bits per heavy atom. The van der Waals surface area contributed by atoms with E-state index < -0.39 is 0 Å². The van der Waals surface area contributed by atoms with Crippen LogP contribution in [-0.4, -0.2) is 37.1 Å². The van der Waals surface area contributed by atoms with Crippen molar-refractivity contribution in [3.63, 3.8) is 0 Å². The standard InChI is InChI=1S/C17H28N4O2.HI/c1-3-18-17(21-14-15-10-7-9-12-19-15)20-13-8-5-4-6-11-16(22)23-2;/h7,9-10,12H,3-6,8,11,13-14H2,1-2H3,(H2,18,20,21);1H. The van der Waals surface area contributed by atoms with Gasteiger partial charge in [-0.2, -0.15) is 0 Å². The third-order valence-corrected chi connectivity index (χ3v) is 3.30. The zero-order chi connectivity index (χ0) is 16.8. The molecule has 0 unspecified atom stereocenters. The van der Waals surface area contributed by atoms with Crippen LogP contribution in [0.2, 0.25) is 0 Å². The lowest BCUT2D eigenvalue weighted by molar-refractivity contribution is -0.140. The summed E-state index contributed by atoms with van der Waals surface area (Å²) in [5.41, 5.74) is 0.951. The lowest BCUT2D eigenvalue weighted by Gasteiger charge is -2.11. The van der Waals surface area contributed by atoms with Gasteiger partial charge < -0.3 is 15.4 Å². The van der Waals surface area contributed by atoms with Gasteiger partial charge in [0.1, 0.15) is 0 Å². The van der Waals surface area contributed by atoms with E-state index in [1.54, 1.807) is 6.20 Å². The van der Waals surface area contributed by atoms with E-state index in [2.05, 4.69) is 25.3 Å². The monoisotopic (exact) mass is 448 g/mol. The largest absolute Gasteiger partial charge is 0.469 e. The van der Waals surface area contributed by atoms with E-state index in [0.717, 1.165) is 50.4 Å². The minimum Gasteiger partial charge on any atom is -0.469 e. The molecule has 6 nitrogen and oxygen atoms in total. The van der Waals surface area contributed by atoms with E-state index in [-0.39, 0.29) is 29.9 Å². The van der Waals surface area contributed by atoms with Crippen LogP contribution in [0.15, 0.2) is 29.4 Å². The third kappa shape index (κ3) is 11.2. The SMILES string of the molecule is CCNC(=NCc1ccccn1)NCCCCCCC(=O)OC.I. The fourth-order valence-electron chi connectivity index (χ4n) is 2.05. The van der Waals surface area contributed by atoms with E-state index in [4.69, 9.17) is 0 Å². The van der Waals surface area contributed by atoms with Crippen molar-refractivity contribution in [1.29, 1.82) is 0 Å². The molecular formula is C17H29IN4O2. The van der Waals surface area contributed by atoms with Crippen LogP contribution in [0.5, 0.6) is 0 Å². The minimum atomic E-state index is -0.126. The Kier molecular flexibility index (Phi) is 14.3. The van der Waals surface area contributed by atoms with E-state index >= 15 is 0 Å². The number of guanidine groups is 1. The summed E-state index contributed by atoms with van der Waals surface area (Å²) < 4.78 is 4.62. The minimum absolute atomic E-state index is 0. The topological polar surface area (TPSA) is 75.6 Å². The number of methoxy groups -OCH3 is 1. The molecule has 7 heteroatoms. The smallest absolute Gasteiger partial charge is 0.305 e. The van der Waals surface area contributed by atoms with Crippen molar-refractivity contribution in [2.75, 3.05) is 20.2 Å². The van der Waals surface area contributed by atoms with Gasteiger partial charge in [-0.25, -0.2) is 4.99 Å². The first-order valence-electron chi connectivity index (χ1n) is 8.25. The van der Waals surface area contributed by atoms with Gasteiger partial charge in [-0.3, -0.25) is 9.78 Å². The number of hydrogen-bond acceptors (Lipinski definition) is 4. The second kappa shape index (κ2) is 15.2. The third-order valence-electron chi connectivity index (χ3n) is 3.30. The molecule has 0 radical (unpaired) electrons. The fraction of sp³-hybridized carbons (Fsp3) is 0.588. The number of hydrogen-bond donors (Lipinski definition) is 2. The molecule has 1 aromatic rings. The number of aliphatic imine (C=N–C) groups is 1. The van der Waals surface area contributed by atoms with Crippen LogP contribution in [0.3, 0.4) is 0 Å². The van der Waals surface area contributed by atoms with Gasteiger partial charge in [0.2, 0.25) is 0 Å². The van der Waals surface area contributed by atoms with Crippen molar-refractivity contribution in [2.45, 2.75) is 45.6 Å². The summed E-state index contributed by atoms with van der Waals surface area (Å²) in [6, 6.07) is 5.83. The van der Waals surface area contributed by atoms with Crippen molar-refractivity contribution in [2.24, 2.45) is 4.99 Å². The summed E-state index contributed by atoms with van der Waals surface area (Å²) in [6.45, 7) is 4.31. The highest BCUT2D eigenvalue weighted by molar-refractivity contribution is 14.0. The summed E-state index contributed by atoms with van der Waals surface area (Å²) in [7, 11) is 1.43. The molecule has 0 fully saturated rings.